The topological polar surface area (TPSA) is 90.3 Å². The van der Waals surface area contributed by atoms with E-state index in [-0.39, 0.29) is 18.3 Å². The molecule has 1 amide bonds. The van der Waals surface area contributed by atoms with Gasteiger partial charge in [-0.2, -0.15) is 10.1 Å². The molecule has 0 saturated carbocycles. The van der Waals surface area contributed by atoms with Gasteiger partial charge in [0.15, 0.2) is 11.5 Å². The van der Waals surface area contributed by atoms with E-state index in [0.717, 1.165) is 11.1 Å². The molecule has 2 N–H and O–H groups in total. The zero-order chi connectivity index (χ0) is 26.5. The van der Waals surface area contributed by atoms with Crippen LogP contribution in [-0.4, -0.2) is 27.3 Å². The second-order valence-corrected chi connectivity index (χ2v) is 8.78. The van der Waals surface area contributed by atoms with Gasteiger partial charge < -0.3 is 20.1 Å². The van der Waals surface area contributed by atoms with Crippen LogP contribution >= 0.6 is 0 Å². The van der Waals surface area contributed by atoms with E-state index in [1.54, 1.807) is 28.9 Å². The number of carbonyl (C=O) groups is 1. The Morgan fingerprint density at radius 2 is 1.84 bits per heavy atom. The molecule has 0 bridgehead atoms. The lowest BCUT2D eigenvalue weighted by Crippen LogP contribution is -2.34. The molecule has 1 aliphatic rings. The Bertz CT molecular complexity index is 1470. The highest BCUT2D eigenvalue weighted by atomic mass is 19.1. The minimum atomic E-state index is -0.552. The SMILES string of the molecule is CCOc1cc(C2C(C(=O)NCc3ccccc3)=C(C)Nc3ncnn32)ccc1OCc1ccccc1F. The van der Waals surface area contributed by atoms with Gasteiger partial charge >= 0.3 is 0 Å². The van der Waals surface area contributed by atoms with Crippen LogP contribution in [-0.2, 0) is 17.9 Å². The Labute approximate surface area is 220 Å². The number of ether oxygens (including phenoxy) is 2. The molecule has 194 valence electrons. The fraction of sp³-hybridized carbons (Fsp3) is 0.207. The van der Waals surface area contributed by atoms with Crippen LogP contribution in [0.3, 0.4) is 0 Å². The van der Waals surface area contributed by atoms with Crippen molar-refractivity contribution < 1.29 is 18.7 Å². The van der Waals surface area contributed by atoms with Crippen LogP contribution in [0.1, 0.15) is 36.6 Å². The standard InChI is InChI=1S/C29H28FN5O3/c1-3-37-25-15-21(13-14-24(25)38-17-22-11-7-8-12-23(22)30)27-26(19(2)34-29-32-18-33-35(27)29)28(36)31-16-20-9-5-4-6-10-20/h4-15,18,27H,3,16-17H2,1-2H3,(H,31,36)(H,32,33,34). The van der Waals surface area contributed by atoms with Crippen molar-refractivity contribution >= 4 is 11.9 Å². The average Bonchev–Trinajstić information content (AvgIpc) is 3.40. The Morgan fingerprint density at radius 3 is 2.63 bits per heavy atom. The van der Waals surface area contributed by atoms with E-state index < -0.39 is 6.04 Å². The first kappa shape index (κ1) is 25.0. The quantitative estimate of drug-likeness (QED) is 0.327. The number of allylic oxidation sites excluding steroid dienone is 1. The predicted octanol–water partition coefficient (Wildman–Crippen LogP) is 5.00. The van der Waals surface area contributed by atoms with Crippen molar-refractivity contribution in [3.63, 3.8) is 0 Å². The van der Waals surface area contributed by atoms with Crippen LogP contribution in [0.15, 0.2) is 90.4 Å². The highest BCUT2D eigenvalue weighted by Gasteiger charge is 2.34. The van der Waals surface area contributed by atoms with Gasteiger partial charge in [0.25, 0.3) is 5.91 Å². The number of benzene rings is 3. The fourth-order valence-electron chi connectivity index (χ4n) is 4.42. The van der Waals surface area contributed by atoms with Crippen LogP contribution in [0, 0.1) is 5.82 Å². The summed E-state index contributed by atoms with van der Waals surface area (Å²) >= 11 is 0. The summed E-state index contributed by atoms with van der Waals surface area (Å²) in [5.41, 5.74) is 3.40. The van der Waals surface area contributed by atoms with E-state index in [2.05, 4.69) is 20.7 Å². The molecule has 9 heteroatoms. The first-order chi connectivity index (χ1) is 18.5. The molecule has 1 atom stereocenters. The molecule has 3 aromatic carbocycles. The maximum atomic E-state index is 14.1. The van der Waals surface area contributed by atoms with E-state index in [1.807, 2.05) is 56.3 Å². The van der Waals surface area contributed by atoms with Crippen LogP contribution < -0.4 is 20.1 Å². The molecule has 5 rings (SSSR count). The number of fused-ring (bicyclic) bond motifs is 1. The normalized spacial score (nSPS) is 14.4. The maximum absolute atomic E-state index is 14.1. The molecule has 0 saturated heterocycles. The fourth-order valence-corrected chi connectivity index (χ4v) is 4.42. The van der Waals surface area contributed by atoms with Crippen molar-refractivity contribution in [3.8, 4) is 11.5 Å². The third kappa shape index (κ3) is 5.22. The molecule has 1 aromatic heterocycles. The van der Waals surface area contributed by atoms with E-state index in [4.69, 9.17) is 9.47 Å². The van der Waals surface area contributed by atoms with Gasteiger partial charge in [0.05, 0.1) is 12.2 Å². The Morgan fingerprint density at radius 1 is 1.05 bits per heavy atom. The summed E-state index contributed by atoms with van der Waals surface area (Å²) < 4.78 is 27.6. The number of hydrogen-bond acceptors (Lipinski definition) is 6. The Balaban J connectivity index is 1.46. The lowest BCUT2D eigenvalue weighted by molar-refractivity contribution is -0.118. The summed E-state index contributed by atoms with van der Waals surface area (Å²) in [5.74, 6) is 0.945. The number of aromatic nitrogens is 3. The van der Waals surface area contributed by atoms with Crippen LogP contribution in [0.2, 0.25) is 0 Å². The van der Waals surface area contributed by atoms with Gasteiger partial charge in [0, 0.05) is 17.8 Å². The molecule has 0 radical (unpaired) electrons. The molecule has 1 unspecified atom stereocenters. The summed E-state index contributed by atoms with van der Waals surface area (Å²) in [6, 6.07) is 21.1. The largest absolute Gasteiger partial charge is 0.490 e. The minimum absolute atomic E-state index is 0.0544. The summed E-state index contributed by atoms with van der Waals surface area (Å²) in [6.07, 6.45) is 1.45. The van der Waals surface area contributed by atoms with Gasteiger partial charge in [0.2, 0.25) is 5.95 Å². The van der Waals surface area contributed by atoms with Crippen LogP contribution in [0.25, 0.3) is 0 Å². The lowest BCUT2D eigenvalue weighted by atomic mass is 9.94. The number of amides is 1. The highest BCUT2D eigenvalue weighted by Crippen LogP contribution is 2.39. The van der Waals surface area contributed by atoms with E-state index in [0.29, 0.717) is 47.4 Å². The van der Waals surface area contributed by atoms with Gasteiger partial charge in [-0.05, 0) is 43.2 Å². The molecule has 0 fully saturated rings. The molecule has 2 heterocycles. The van der Waals surface area contributed by atoms with E-state index in [1.165, 1.54) is 12.4 Å². The number of anilines is 1. The van der Waals surface area contributed by atoms with Crippen molar-refractivity contribution in [1.82, 2.24) is 20.1 Å². The smallest absolute Gasteiger partial charge is 0.251 e. The first-order valence-corrected chi connectivity index (χ1v) is 12.4. The third-order valence-corrected chi connectivity index (χ3v) is 6.26. The summed E-state index contributed by atoms with van der Waals surface area (Å²) in [6.45, 7) is 4.57. The molecule has 1 aliphatic heterocycles. The molecule has 4 aromatic rings. The lowest BCUT2D eigenvalue weighted by Gasteiger charge is -2.29. The van der Waals surface area contributed by atoms with Crippen molar-refractivity contribution in [2.75, 3.05) is 11.9 Å². The number of halogens is 1. The summed E-state index contributed by atoms with van der Waals surface area (Å²) in [7, 11) is 0. The zero-order valence-corrected chi connectivity index (χ0v) is 21.1. The first-order valence-electron chi connectivity index (χ1n) is 12.4. The molecule has 8 nitrogen and oxygen atoms in total. The van der Waals surface area contributed by atoms with Crippen molar-refractivity contribution in [1.29, 1.82) is 0 Å². The van der Waals surface area contributed by atoms with Gasteiger partial charge in [-0.1, -0.05) is 54.6 Å². The highest BCUT2D eigenvalue weighted by molar-refractivity contribution is 5.96. The van der Waals surface area contributed by atoms with Gasteiger partial charge in [0.1, 0.15) is 24.8 Å². The third-order valence-electron chi connectivity index (χ3n) is 6.26. The molecular weight excluding hydrogens is 485 g/mol. The second-order valence-electron chi connectivity index (χ2n) is 8.78. The Kier molecular flexibility index (Phi) is 7.35. The van der Waals surface area contributed by atoms with Crippen molar-refractivity contribution in [3.05, 3.63) is 113 Å². The number of rotatable bonds is 9. The monoisotopic (exact) mass is 513 g/mol. The van der Waals surface area contributed by atoms with Gasteiger partial charge in [-0.15, -0.1) is 0 Å². The van der Waals surface area contributed by atoms with Crippen molar-refractivity contribution in [2.24, 2.45) is 0 Å². The second kappa shape index (κ2) is 11.2. The number of carbonyl (C=O) groups excluding carboxylic acids is 1. The number of nitrogens with one attached hydrogen (secondary N) is 2. The van der Waals surface area contributed by atoms with Crippen molar-refractivity contribution in [2.45, 2.75) is 33.0 Å². The van der Waals surface area contributed by atoms with E-state index >= 15 is 0 Å². The summed E-state index contributed by atoms with van der Waals surface area (Å²) in [4.78, 5) is 17.8. The van der Waals surface area contributed by atoms with E-state index in [9.17, 15) is 9.18 Å². The molecular formula is C29H28FN5O3. The summed E-state index contributed by atoms with van der Waals surface area (Å²) in [5, 5.41) is 10.6. The molecule has 38 heavy (non-hydrogen) atoms. The van der Waals surface area contributed by atoms with Gasteiger partial charge in [-0.3, -0.25) is 4.79 Å². The minimum Gasteiger partial charge on any atom is -0.490 e. The number of nitrogens with zero attached hydrogens (tertiary/aromatic N) is 3. The maximum Gasteiger partial charge on any atom is 0.251 e. The van der Waals surface area contributed by atoms with Gasteiger partial charge in [-0.25, -0.2) is 9.07 Å². The van der Waals surface area contributed by atoms with Crippen LogP contribution in [0.5, 0.6) is 11.5 Å². The predicted molar refractivity (Wildman–Crippen MR) is 141 cm³/mol. The molecule has 0 spiro atoms. The number of hydrogen-bond donors (Lipinski definition) is 2. The molecule has 0 aliphatic carbocycles. The average molecular weight is 514 g/mol. The van der Waals surface area contributed by atoms with Crippen LogP contribution in [0.4, 0.5) is 10.3 Å². The Hall–Kier alpha value is -4.66. The zero-order valence-electron chi connectivity index (χ0n) is 21.1.